The molecule has 22 heavy (non-hydrogen) atoms. The molecule has 2 atom stereocenters. The van der Waals surface area contributed by atoms with Crippen LogP contribution in [0.15, 0.2) is 18.2 Å². The molecule has 1 fully saturated rings. The van der Waals surface area contributed by atoms with Crippen LogP contribution >= 0.6 is 0 Å². The number of nitrogens with zero attached hydrogens (tertiary/aromatic N) is 1. The Morgan fingerprint density at radius 3 is 2.86 bits per heavy atom. The van der Waals surface area contributed by atoms with Crippen molar-refractivity contribution in [1.82, 2.24) is 5.32 Å². The lowest BCUT2D eigenvalue weighted by Gasteiger charge is -2.22. The van der Waals surface area contributed by atoms with Crippen molar-refractivity contribution >= 4 is 11.6 Å². The molecule has 7 heteroatoms. The molecule has 1 N–H and O–H groups in total. The summed E-state index contributed by atoms with van der Waals surface area (Å²) in [5.74, 6) is -0.915. The van der Waals surface area contributed by atoms with Gasteiger partial charge in [0.25, 0.3) is 11.6 Å². The number of rotatable bonds is 5. The second kappa shape index (κ2) is 6.83. The number of amides is 1. The van der Waals surface area contributed by atoms with E-state index in [1.165, 1.54) is 0 Å². The van der Waals surface area contributed by atoms with E-state index in [9.17, 15) is 19.3 Å². The molecule has 0 aliphatic carbocycles. The number of halogens is 1. The van der Waals surface area contributed by atoms with Gasteiger partial charge in [-0.3, -0.25) is 14.9 Å². The smallest absolute Gasteiger partial charge is 0.272 e. The molecule has 1 amide bonds. The highest BCUT2D eigenvalue weighted by Crippen LogP contribution is 2.26. The van der Waals surface area contributed by atoms with Crippen LogP contribution < -0.4 is 5.32 Å². The lowest BCUT2D eigenvalue weighted by atomic mass is 9.93. The molecule has 6 nitrogen and oxygen atoms in total. The van der Waals surface area contributed by atoms with Crippen molar-refractivity contribution in [2.75, 3.05) is 13.2 Å². The predicted octanol–water partition coefficient (Wildman–Crippen LogP) is 2.52. The first-order chi connectivity index (χ1) is 10.4. The van der Waals surface area contributed by atoms with Gasteiger partial charge in [0.1, 0.15) is 5.82 Å². The van der Waals surface area contributed by atoms with E-state index in [2.05, 4.69) is 19.2 Å². The SMILES string of the molecule is CC(C)[C@H]1OCC[C@@H]1CNC(=O)c1ccc([N+](=O)[O-])cc1F. The van der Waals surface area contributed by atoms with Crippen LogP contribution in [0, 0.1) is 27.8 Å². The Bertz CT molecular complexity index is 577. The highest BCUT2D eigenvalue weighted by Gasteiger charge is 2.31. The van der Waals surface area contributed by atoms with Crippen LogP contribution in [-0.2, 0) is 4.74 Å². The molecule has 1 saturated heterocycles. The molecule has 1 aromatic carbocycles. The molecule has 1 aliphatic heterocycles. The van der Waals surface area contributed by atoms with Gasteiger partial charge < -0.3 is 10.1 Å². The number of hydrogen-bond donors (Lipinski definition) is 1. The van der Waals surface area contributed by atoms with Crippen molar-refractivity contribution < 1.29 is 18.8 Å². The molecule has 1 aliphatic rings. The van der Waals surface area contributed by atoms with E-state index in [4.69, 9.17) is 4.74 Å². The molecular formula is C15H19FN2O4. The third-order valence-corrected chi connectivity index (χ3v) is 3.85. The fourth-order valence-corrected chi connectivity index (χ4v) is 2.73. The molecule has 2 rings (SSSR count). The normalized spacial score (nSPS) is 21.1. The van der Waals surface area contributed by atoms with Gasteiger partial charge in [0.2, 0.25) is 0 Å². The number of carbonyl (C=O) groups is 1. The first-order valence-corrected chi connectivity index (χ1v) is 7.24. The molecule has 0 spiro atoms. The summed E-state index contributed by atoms with van der Waals surface area (Å²) in [5.41, 5.74) is -0.566. The van der Waals surface area contributed by atoms with Crippen LogP contribution in [0.1, 0.15) is 30.6 Å². The average Bonchev–Trinajstić information content (AvgIpc) is 2.93. The van der Waals surface area contributed by atoms with Crippen LogP contribution in [0.5, 0.6) is 0 Å². The summed E-state index contributed by atoms with van der Waals surface area (Å²) >= 11 is 0. The Hall–Kier alpha value is -2.02. The summed E-state index contributed by atoms with van der Waals surface area (Å²) < 4.78 is 19.4. The fourth-order valence-electron chi connectivity index (χ4n) is 2.73. The van der Waals surface area contributed by atoms with Crippen molar-refractivity contribution in [2.24, 2.45) is 11.8 Å². The van der Waals surface area contributed by atoms with Gasteiger partial charge in [0.15, 0.2) is 0 Å². The number of benzene rings is 1. The highest BCUT2D eigenvalue weighted by atomic mass is 19.1. The minimum atomic E-state index is -0.894. The zero-order valence-corrected chi connectivity index (χ0v) is 12.5. The average molecular weight is 310 g/mol. The maximum absolute atomic E-state index is 13.8. The van der Waals surface area contributed by atoms with Gasteiger partial charge in [0, 0.05) is 25.1 Å². The second-order valence-corrected chi connectivity index (χ2v) is 5.76. The lowest BCUT2D eigenvalue weighted by molar-refractivity contribution is -0.385. The molecule has 0 radical (unpaired) electrons. The van der Waals surface area contributed by atoms with Gasteiger partial charge in [-0.15, -0.1) is 0 Å². The van der Waals surface area contributed by atoms with Crippen molar-refractivity contribution in [2.45, 2.75) is 26.4 Å². The number of carbonyl (C=O) groups excluding carboxylic acids is 1. The van der Waals surface area contributed by atoms with E-state index in [1.807, 2.05) is 0 Å². The summed E-state index contributed by atoms with van der Waals surface area (Å²) in [6, 6.07) is 3.01. The van der Waals surface area contributed by atoms with Gasteiger partial charge in [0.05, 0.1) is 22.7 Å². The van der Waals surface area contributed by atoms with Gasteiger partial charge >= 0.3 is 0 Å². The second-order valence-electron chi connectivity index (χ2n) is 5.76. The Morgan fingerprint density at radius 1 is 1.55 bits per heavy atom. The number of non-ortho nitro benzene ring substituents is 1. The minimum Gasteiger partial charge on any atom is -0.378 e. The van der Waals surface area contributed by atoms with E-state index < -0.39 is 16.6 Å². The quantitative estimate of drug-likeness (QED) is 0.669. The monoisotopic (exact) mass is 310 g/mol. The van der Waals surface area contributed by atoms with Crippen molar-refractivity contribution in [1.29, 1.82) is 0 Å². The van der Waals surface area contributed by atoms with E-state index in [1.54, 1.807) is 0 Å². The third-order valence-electron chi connectivity index (χ3n) is 3.85. The Balaban J connectivity index is 1.99. The Kier molecular flexibility index (Phi) is 5.07. The van der Waals surface area contributed by atoms with Crippen LogP contribution in [0.4, 0.5) is 10.1 Å². The Labute approximate surface area is 127 Å². The minimum absolute atomic E-state index is 0.0852. The third kappa shape index (κ3) is 3.59. The van der Waals surface area contributed by atoms with Crippen LogP contribution in [0.2, 0.25) is 0 Å². The topological polar surface area (TPSA) is 81.5 Å². The molecule has 0 aromatic heterocycles. The van der Waals surface area contributed by atoms with E-state index >= 15 is 0 Å². The summed E-state index contributed by atoms with van der Waals surface area (Å²) in [6.45, 7) is 5.18. The zero-order valence-electron chi connectivity index (χ0n) is 12.5. The molecule has 1 aromatic rings. The molecule has 0 unspecified atom stereocenters. The van der Waals surface area contributed by atoms with Crippen molar-refractivity contribution in [3.8, 4) is 0 Å². The summed E-state index contributed by atoms with van der Waals surface area (Å²) in [6.07, 6.45) is 0.938. The predicted molar refractivity (Wildman–Crippen MR) is 78.1 cm³/mol. The van der Waals surface area contributed by atoms with E-state index in [0.717, 1.165) is 24.6 Å². The fraction of sp³-hybridized carbons (Fsp3) is 0.533. The maximum Gasteiger partial charge on any atom is 0.272 e. The summed E-state index contributed by atoms with van der Waals surface area (Å²) in [5, 5.41) is 13.2. The van der Waals surface area contributed by atoms with Gasteiger partial charge in [-0.1, -0.05) is 13.8 Å². The maximum atomic E-state index is 13.8. The first kappa shape index (κ1) is 16.4. The van der Waals surface area contributed by atoms with Crippen molar-refractivity contribution in [3.05, 3.63) is 39.7 Å². The Morgan fingerprint density at radius 2 is 2.27 bits per heavy atom. The largest absolute Gasteiger partial charge is 0.378 e. The molecule has 0 bridgehead atoms. The van der Waals surface area contributed by atoms with Gasteiger partial charge in [-0.25, -0.2) is 4.39 Å². The molecular weight excluding hydrogens is 291 g/mol. The molecule has 1 heterocycles. The van der Waals surface area contributed by atoms with Crippen LogP contribution in [0.3, 0.4) is 0 Å². The van der Waals surface area contributed by atoms with Gasteiger partial charge in [-0.2, -0.15) is 0 Å². The first-order valence-electron chi connectivity index (χ1n) is 7.24. The number of nitrogens with one attached hydrogen (secondary N) is 1. The van der Waals surface area contributed by atoms with Crippen LogP contribution in [0.25, 0.3) is 0 Å². The van der Waals surface area contributed by atoms with Crippen LogP contribution in [-0.4, -0.2) is 30.1 Å². The summed E-state index contributed by atoms with van der Waals surface area (Å²) in [7, 11) is 0. The summed E-state index contributed by atoms with van der Waals surface area (Å²) in [4.78, 5) is 21.9. The number of nitro groups is 1. The lowest BCUT2D eigenvalue weighted by Crippen LogP contribution is -2.35. The molecule has 120 valence electrons. The standard InChI is InChI=1S/C15H19FN2O4/c1-9(2)14-10(5-6-22-14)8-17-15(19)12-4-3-11(18(20)21)7-13(12)16/h3-4,7,9-10,14H,5-6,8H2,1-2H3,(H,17,19)/t10-,14-/m1/s1. The number of ether oxygens (including phenoxy) is 1. The zero-order chi connectivity index (χ0) is 16.3. The van der Waals surface area contributed by atoms with Gasteiger partial charge in [-0.05, 0) is 18.4 Å². The number of hydrogen-bond acceptors (Lipinski definition) is 4. The number of nitro benzene ring substituents is 1. The highest BCUT2D eigenvalue weighted by molar-refractivity contribution is 5.94. The van der Waals surface area contributed by atoms with Crippen molar-refractivity contribution in [3.63, 3.8) is 0 Å². The molecule has 0 saturated carbocycles. The van der Waals surface area contributed by atoms with E-state index in [0.29, 0.717) is 19.1 Å². The van der Waals surface area contributed by atoms with E-state index in [-0.39, 0.29) is 23.3 Å².